The summed E-state index contributed by atoms with van der Waals surface area (Å²) in [5.74, 6) is -1.73. The van der Waals surface area contributed by atoms with Crippen LogP contribution in [0.5, 0.6) is 0 Å². The van der Waals surface area contributed by atoms with E-state index in [1.54, 1.807) is 0 Å². The van der Waals surface area contributed by atoms with Gasteiger partial charge in [-0.3, -0.25) is 9.59 Å². The molecule has 0 aromatic rings. The molecule has 296 valence electrons. The first-order valence-corrected chi connectivity index (χ1v) is 20.3. The average Bonchev–Trinajstić information content (AvgIpc) is 3.66. The summed E-state index contributed by atoms with van der Waals surface area (Å²) in [7, 11) is 0. The van der Waals surface area contributed by atoms with Gasteiger partial charge in [0.25, 0.3) is 0 Å². The van der Waals surface area contributed by atoms with Crippen molar-refractivity contribution in [2.45, 2.75) is 167 Å². The number of ether oxygens (including phenoxy) is 4. The van der Waals surface area contributed by atoms with Crippen LogP contribution in [0.4, 0.5) is 0 Å². The number of aliphatic carboxylic acids is 1. The minimum atomic E-state index is -0.716. The fraction of sp³-hybridized carbons (Fsp3) is 0.622. The summed E-state index contributed by atoms with van der Waals surface area (Å²) in [6, 6.07) is 0. The Hall–Kier alpha value is -3.49. The van der Waals surface area contributed by atoms with Crippen molar-refractivity contribution in [1.82, 2.24) is 0 Å². The van der Waals surface area contributed by atoms with Crippen LogP contribution < -0.4 is 0 Å². The molecule has 2 aliphatic rings. The van der Waals surface area contributed by atoms with E-state index in [-0.39, 0.29) is 25.0 Å². The van der Waals surface area contributed by atoms with E-state index in [2.05, 4.69) is 72.9 Å². The lowest BCUT2D eigenvalue weighted by Crippen LogP contribution is -2.24. The van der Waals surface area contributed by atoms with Crippen LogP contribution in [0.3, 0.4) is 0 Å². The topological polar surface area (TPSA) is 108 Å². The number of rotatable bonds is 31. The first kappa shape index (κ1) is 45.7. The molecule has 1 N–H and O–H groups in total. The molecule has 1 atom stereocenters. The van der Waals surface area contributed by atoms with Crippen molar-refractivity contribution in [1.29, 1.82) is 0 Å². The Morgan fingerprint density at radius 2 is 1.13 bits per heavy atom. The number of carboxylic acid groups (broad SMARTS) is 1. The van der Waals surface area contributed by atoms with E-state index in [4.69, 9.17) is 24.1 Å². The lowest BCUT2D eigenvalue weighted by Gasteiger charge is -2.16. The Morgan fingerprint density at radius 3 is 1.62 bits per heavy atom. The molecule has 0 saturated carbocycles. The van der Waals surface area contributed by atoms with Crippen molar-refractivity contribution < 1.29 is 38.4 Å². The molecule has 0 spiro atoms. The zero-order valence-electron chi connectivity index (χ0n) is 32.8. The monoisotopic (exact) mass is 736 g/mol. The van der Waals surface area contributed by atoms with Gasteiger partial charge in [-0.2, -0.15) is 0 Å². The molecular formula is C45H68O8. The molecule has 0 aliphatic carbocycles. The van der Waals surface area contributed by atoms with Crippen molar-refractivity contribution in [2.24, 2.45) is 0 Å². The van der Waals surface area contributed by atoms with Crippen LogP contribution in [0.1, 0.15) is 155 Å². The average molecular weight is 737 g/mol. The highest BCUT2D eigenvalue weighted by atomic mass is 16.8. The van der Waals surface area contributed by atoms with E-state index in [1.165, 1.54) is 5.57 Å². The first-order chi connectivity index (χ1) is 25.8. The van der Waals surface area contributed by atoms with E-state index >= 15 is 0 Å². The normalized spacial score (nSPS) is 17.7. The number of hydrogen-bond acceptors (Lipinski definition) is 7. The summed E-state index contributed by atoms with van der Waals surface area (Å²) in [5.41, 5.74) is 2.16. The summed E-state index contributed by atoms with van der Waals surface area (Å²) in [4.78, 5) is 34.7. The number of hydrogen-bond donors (Lipinski definition) is 1. The molecule has 2 aliphatic heterocycles. The molecule has 1 saturated heterocycles. The van der Waals surface area contributed by atoms with Gasteiger partial charge in [-0.05, 0) is 135 Å². The maximum atomic E-state index is 12.3. The first-order valence-electron chi connectivity index (χ1n) is 20.3. The van der Waals surface area contributed by atoms with Gasteiger partial charge in [0.2, 0.25) is 6.29 Å². The maximum absolute atomic E-state index is 12.3. The predicted octanol–water partition coefficient (Wildman–Crippen LogP) is 11.5. The number of carboxylic acids is 1. The van der Waals surface area contributed by atoms with Gasteiger partial charge in [-0.25, -0.2) is 4.79 Å². The fourth-order valence-electron chi connectivity index (χ4n) is 6.03. The highest BCUT2D eigenvalue weighted by molar-refractivity contribution is 5.91. The number of carbonyl (C=O) groups is 3. The fourth-order valence-corrected chi connectivity index (χ4v) is 6.03. The van der Waals surface area contributed by atoms with Crippen LogP contribution in [-0.4, -0.2) is 48.3 Å². The van der Waals surface area contributed by atoms with Crippen LogP contribution in [0.15, 0.2) is 84.1 Å². The SMILES string of the molecule is CC1(C)OCC(OC(=O)CCCCC=CCC=CCC=CCCCCCC2=C(CCCCCC=CCC=CCC=CCCCCC(=O)O)C(=O)OC2)O1. The van der Waals surface area contributed by atoms with Gasteiger partial charge >= 0.3 is 17.9 Å². The number of esters is 2. The highest BCUT2D eigenvalue weighted by Crippen LogP contribution is 2.26. The summed E-state index contributed by atoms with van der Waals surface area (Å²) >= 11 is 0. The standard InChI is InChI=1S/C45H68O8/c1-45(2)51-38-43(53-45)52-42(48)36-32-28-24-20-16-12-8-3-5-9-13-17-21-25-29-33-39-37-50-44(49)40(39)34-30-26-22-18-14-10-6-4-7-11-15-19-23-27-31-35-41(46)47/h3-4,7-10,13-16,19-20,43H,5-6,11-12,17-18,21-38H2,1-2H3,(H,46,47). The Balaban J connectivity index is 1.40. The quantitative estimate of drug-likeness (QED) is 0.0426. The van der Waals surface area contributed by atoms with Gasteiger partial charge in [-0.15, -0.1) is 0 Å². The largest absolute Gasteiger partial charge is 0.481 e. The Kier molecular flexibility index (Phi) is 25.8. The smallest absolute Gasteiger partial charge is 0.334 e. The molecule has 0 amide bonds. The maximum Gasteiger partial charge on any atom is 0.334 e. The molecule has 2 heterocycles. The van der Waals surface area contributed by atoms with Crippen LogP contribution in [0.25, 0.3) is 0 Å². The van der Waals surface area contributed by atoms with Crippen molar-refractivity contribution >= 4 is 17.9 Å². The van der Waals surface area contributed by atoms with Crippen molar-refractivity contribution in [3.63, 3.8) is 0 Å². The zero-order valence-corrected chi connectivity index (χ0v) is 32.8. The Labute approximate surface area is 320 Å². The lowest BCUT2D eigenvalue weighted by atomic mass is 9.98. The summed E-state index contributed by atoms with van der Waals surface area (Å²) in [6.45, 7) is 4.39. The number of allylic oxidation sites excluding steroid dienone is 12. The van der Waals surface area contributed by atoms with Crippen molar-refractivity contribution in [2.75, 3.05) is 13.2 Å². The molecular weight excluding hydrogens is 668 g/mol. The highest BCUT2D eigenvalue weighted by Gasteiger charge is 2.34. The molecule has 53 heavy (non-hydrogen) atoms. The second-order valence-electron chi connectivity index (χ2n) is 14.3. The number of cyclic esters (lactones) is 1. The van der Waals surface area contributed by atoms with Gasteiger partial charge in [0.05, 0.1) is 0 Å². The molecule has 2 rings (SSSR count). The van der Waals surface area contributed by atoms with Crippen molar-refractivity contribution in [3.05, 3.63) is 84.1 Å². The third-order valence-corrected chi connectivity index (χ3v) is 9.04. The van der Waals surface area contributed by atoms with Gasteiger partial charge in [0.1, 0.15) is 13.2 Å². The summed E-state index contributed by atoms with van der Waals surface area (Å²) in [6.07, 6.45) is 46.2. The minimum absolute atomic E-state index is 0.100. The predicted molar refractivity (Wildman–Crippen MR) is 213 cm³/mol. The Bertz CT molecular complexity index is 1250. The molecule has 8 nitrogen and oxygen atoms in total. The summed E-state index contributed by atoms with van der Waals surface area (Å²) < 4.78 is 21.6. The molecule has 0 radical (unpaired) electrons. The zero-order chi connectivity index (χ0) is 38.2. The van der Waals surface area contributed by atoms with E-state index in [0.717, 1.165) is 134 Å². The van der Waals surface area contributed by atoms with Crippen LogP contribution >= 0.6 is 0 Å². The van der Waals surface area contributed by atoms with Crippen LogP contribution in [0.2, 0.25) is 0 Å². The van der Waals surface area contributed by atoms with E-state index in [0.29, 0.717) is 13.0 Å². The van der Waals surface area contributed by atoms with E-state index in [1.807, 2.05) is 13.8 Å². The second-order valence-corrected chi connectivity index (χ2v) is 14.3. The Morgan fingerprint density at radius 1 is 0.660 bits per heavy atom. The molecule has 0 aromatic heterocycles. The lowest BCUT2D eigenvalue weighted by molar-refractivity contribution is -0.197. The van der Waals surface area contributed by atoms with Gasteiger partial charge < -0.3 is 24.1 Å². The molecule has 0 aromatic carbocycles. The molecule has 0 bridgehead atoms. The van der Waals surface area contributed by atoms with Crippen LogP contribution in [0, 0.1) is 0 Å². The van der Waals surface area contributed by atoms with E-state index in [9.17, 15) is 14.4 Å². The number of carbonyl (C=O) groups excluding carboxylic acids is 2. The molecule has 1 fully saturated rings. The summed E-state index contributed by atoms with van der Waals surface area (Å²) in [5, 5.41) is 8.64. The minimum Gasteiger partial charge on any atom is -0.481 e. The molecule has 1 unspecified atom stereocenters. The van der Waals surface area contributed by atoms with Gasteiger partial charge in [0.15, 0.2) is 5.79 Å². The third-order valence-electron chi connectivity index (χ3n) is 9.04. The second kappa shape index (κ2) is 29.9. The number of unbranched alkanes of at least 4 members (excludes halogenated alkanes) is 10. The van der Waals surface area contributed by atoms with E-state index < -0.39 is 18.0 Å². The third kappa shape index (κ3) is 25.2. The molecule has 8 heteroatoms. The van der Waals surface area contributed by atoms with Gasteiger partial charge in [-0.1, -0.05) is 85.8 Å². The van der Waals surface area contributed by atoms with Crippen molar-refractivity contribution in [3.8, 4) is 0 Å². The van der Waals surface area contributed by atoms with Gasteiger partial charge in [0, 0.05) is 18.4 Å². The van der Waals surface area contributed by atoms with Crippen LogP contribution in [-0.2, 0) is 33.3 Å².